The van der Waals surface area contributed by atoms with Crippen LogP contribution in [0.4, 0.5) is 4.39 Å². The van der Waals surface area contributed by atoms with Crippen LogP contribution in [0.5, 0.6) is 0 Å². The highest BCUT2D eigenvalue weighted by atomic mass is 32.1. The number of amides is 1. The van der Waals surface area contributed by atoms with Crippen LogP contribution in [0.25, 0.3) is 0 Å². The Hall–Kier alpha value is -1.68. The Morgan fingerprint density at radius 2 is 1.95 bits per heavy atom. The summed E-state index contributed by atoms with van der Waals surface area (Å²) in [5, 5.41) is 4.27. The fourth-order valence-corrected chi connectivity index (χ4v) is 3.47. The van der Waals surface area contributed by atoms with E-state index in [1.54, 1.807) is 34.4 Å². The number of piperidine rings is 1. The van der Waals surface area contributed by atoms with Gasteiger partial charge < -0.3 is 4.90 Å². The van der Waals surface area contributed by atoms with E-state index in [-0.39, 0.29) is 11.5 Å². The Balaban J connectivity index is 1.66. The minimum Gasteiger partial charge on any atom is -0.339 e. The van der Waals surface area contributed by atoms with Gasteiger partial charge in [0, 0.05) is 13.1 Å². The molecule has 0 unspecified atom stereocenters. The van der Waals surface area contributed by atoms with Crippen LogP contribution < -0.4 is 0 Å². The van der Waals surface area contributed by atoms with Gasteiger partial charge in [-0.25, -0.2) is 4.39 Å². The lowest BCUT2D eigenvalue weighted by atomic mass is 9.91. The van der Waals surface area contributed by atoms with Crippen molar-refractivity contribution in [2.75, 3.05) is 13.1 Å². The third kappa shape index (κ3) is 2.61. The molecule has 0 N–H and O–H groups in total. The number of carbonyl (C=O) groups excluding carboxylic acids is 1. The van der Waals surface area contributed by atoms with Crippen molar-refractivity contribution in [1.29, 1.82) is 0 Å². The van der Waals surface area contributed by atoms with Gasteiger partial charge in [0.25, 0.3) is 5.91 Å². The number of carbonyl (C=O) groups is 1. The lowest BCUT2D eigenvalue weighted by Crippen LogP contribution is -2.38. The Morgan fingerprint density at radius 3 is 2.60 bits per heavy atom. The third-order valence-electron chi connectivity index (χ3n) is 3.90. The van der Waals surface area contributed by atoms with Gasteiger partial charge in [0.15, 0.2) is 0 Å². The number of rotatable bonds is 2. The van der Waals surface area contributed by atoms with Crippen LogP contribution in [0.3, 0.4) is 0 Å². The largest absolute Gasteiger partial charge is 0.339 e. The van der Waals surface area contributed by atoms with E-state index in [4.69, 9.17) is 0 Å². The van der Waals surface area contributed by atoms with Crippen molar-refractivity contribution >= 4 is 17.2 Å². The van der Waals surface area contributed by atoms with Crippen LogP contribution in [-0.4, -0.2) is 23.9 Å². The molecular formula is C16H16FNOS. The lowest BCUT2D eigenvalue weighted by Gasteiger charge is -2.32. The predicted octanol–water partition coefficient (Wildman–Crippen LogP) is 3.91. The smallest absolute Gasteiger partial charge is 0.256 e. The lowest BCUT2D eigenvalue weighted by molar-refractivity contribution is 0.0708. The number of likely N-dealkylation sites (tertiary alicyclic amines) is 1. The maximum Gasteiger partial charge on any atom is 0.256 e. The summed E-state index contributed by atoms with van der Waals surface area (Å²) in [6.07, 6.45) is 1.91. The SMILES string of the molecule is O=C(c1ccccc1F)N1CCC(c2ccsc2)CC1. The molecule has 1 saturated heterocycles. The van der Waals surface area contributed by atoms with Crippen LogP contribution in [-0.2, 0) is 0 Å². The van der Waals surface area contributed by atoms with Crippen molar-refractivity contribution in [3.63, 3.8) is 0 Å². The molecule has 1 aliphatic rings. The summed E-state index contributed by atoms with van der Waals surface area (Å²) < 4.78 is 13.6. The molecule has 1 aromatic carbocycles. The van der Waals surface area contributed by atoms with Crippen molar-refractivity contribution in [3.8, 4) is 0 Å². The molecule has 2 heterocycles. The van der Waals surface area contributed by atoms with Crippen LogP contribution in [0.1, 0.15) is 34.7 Å². The predicted molar refractivity (Wildman–Crippen MR) is 78.6 cm³/mol. The Bertz CT molecular complexity index is 588. The summed E-state index contributed by atoms with van der Waals surface area (Å²) in [5.41, 5.74) is 1.55. The van der Waals surface area contributed by atoms with E-state index >= 15 is 0 Å². The minimum absolute atomic E-state index is 0.182. The van der Waals surface area contributed by atoms with Gasteiger partial charge in [-0.1, -0.05) is 12.1 Å². The average molecular weight is 289 g/mol. The van der Waals surface area contributed by atoms with Crippen LogP contribution >= 0.6 is 11.3 Å². The van der Waals surface area contributed by atoms with Gasteiger partial charge in [-0.15, -0.1) is 0 Å². The van der Waals surface area contributed by atoms with Gasteiger partial charge in [-0.3, -0.25) is 4.79 Å². The highest BCUT2D eigenvalue weighted by Crippen LogP contribution is 2.30. The van der Waals surface area contributed by atoms with Crippen molar-refractivity contribution in [2.24, 2.45) is 0 Å². The normalized spacial score (nSPS) is 16.4. The maximum atomic E-state index is 13.6. The molecule has 1 aliphatic heterocycles. The number of hydrogen-bond donors (Lipinski definition) is 0. The van der Waals surface area contributed by atoms with Gasteiger partial charge in [-0.05, 0) is 53.3 Å². The van der Waals surface area contributed by atoms with Gasteiger partial charge in [-0.2, -0.15) is 11.3 Å². The molecule has 0 saturated carbocycles. The minimum atomic E-state index is -0.433. The second-order valence-corrected chi connectivity index (χ2v) is 5.88. The van der Waals surface area contributed by atoms with E-state index < -0.39 is 5.82 Å². The Morgan fingerprint density at radius 1 is 1.20 bits per heavy atom. The first-order chi connectivity index (χ1) is 9.75. The van der Waals surface area contributed by atoms with E-state index in [0.29, 0.717) is 19.0 Å². The number of halogens is 1. The molecule has 0 spiro atoms. The molecule has 2 nitrogen and oxygen atoms in total. The zero-order chi connectivity index (χ0) is 13.9. The summed E-state index contributed by atoms with van der Waals surface area (Å²) in [4.78, 5) is 14.1. The second-order valence-electron chi connectivity index (χ2n) is 5.10. The summed E-state index contributed by atoms with van der Waals surface area (Å²) in [6.45, 7) is 1.40. The van der Waals surface area contributed by atoms with Crippen LogP contribution in [0.2, 0.25) is 0 Å². The molecule has 104 valence electrons. The Labute approximate surface area is 121 Å². The van der Waals surface area contributed by atoms with Crippen LogP contribution in [0, 0.1) is 5.82 Å². The van der Waals surface area contributed by atoms with E-state index in [1.807, 2.05) is 0 Å². The van der Waals surface area contributed by atoms with E-state index in [9.17, 15) is 9.18 Å². The second kappa shape index (κ2) is 5.75. The molecular weight excluding hydrogens is 273 g/mol. The van der Waals surface area contributed by atoms with Gasteiger partial charge in [0.05, 0.1) is 5.56 Å². The molecule has 0 atom stereocenters. The molecule has 1 aromatic heterocycles. The van der Waals surface area contributed by atoms with Crippen molar-refractivity contribution in [2.45, 2.75) is 18.8 Å². The molecule has 4 heteroatoms. The molecule has 1 amide bonds. The van der Waals surface area contributed by atoms with Crippen LogP contribution in [0.15, 0.2) is 41.1 Å². The number of thiophene rings is 1. The zero-order valence-electron chi connectivity index (χ0n) is 11.1. The molecule has 1 fully saturated rings. The fourth-order valence-electron chi connectivity index (χ4n) is 2.73. The number of hydrogen-bond acceptors (Lipinski definition) is 2. The fraction of sp³-hybridized carbons (Fsp3) is 0.312. The summed E-state index contributed by atoms with van der Waals surface area (Å²) >= 11 is 1.71. The summed E-state index contributed by atoms with van der Waals surface area (Å²) in [7, 11) is 0. The zero-order valence-corrected chi connectivity index (χ0v) is 11.9. The van der Waals surface area contributed by atoms with Gasteiger partial charge in [0.1, 0.15) is 5.82 Å². The van der Waals surface area contributed by atoms with Crippen molar-refractivity contribution < 1.29 is 9.18 Å². The van der Waals surface area contributed by atoms with Crippen molar-refractivity contribution in [3.05, 3.63) is 58.0 Å². The topological polar surface area (TPSA) is 20.3 Å². The first kappa shape index (κ1) is 13.3. The van der Waals surface area contributed by atoms with Crippen molar-refractivity contribution in [1.82, 2.24) is 4.90 Å². The standard InChI is InChI=1S/C16H16FNOS/c17-15-4-2-1-3-14(15)16(19)18-8-5-12(6-9-18)13-7-10-20-11-13/h1-4,7,10-12H,5-6,8-9H2. The summed E-state index contributed by atoms with van der Waals surface area (Å²) in [6, 6.07) is 8.36. The first-order valence-electron chi connectivity index (χ1n) is 6.81. The third-order valence-corrected chi connectivity index (χ3v) is 4.60. The highest BCUT2D eigenvalue weighted by molar-refractivity contribution is 7.07. The van der Waals surface area contributed by atoms with Gasteiger partial charge >= 0.3 is 0 Å². The van der Waals surface area contributed by atoms with E-state index in [0.717, 1.165) is 12.8 Å². The average Bonchev–Trinajstić information content (AvgIpc) is 3.01. The molecule has 20 heavy (non-hydrogen) atoms. The van der Waals surface area contributed by atoms with Gasteiger partial charge in [0.2, 0.25) is 0 Å². The summed E-state index contributed by atoms with van der Waals surface area (Å²) in [5.74, 6) is -0.0877. The van der Waals surface area contributed by atoms with E-state index in [1.165, 1.54) is 11.6 Å². The Kier molecular flexibility index (Phi) is 3.83. The molecule has 0 radical (unpaired) electrons. The molecule has 0 bridgehead atoms. The van der Waals surface area contributed by atoms with E-state index in [2.05, 4.69) is 16.8 Å². The number of benzene rings is 1. The maximum absolute atomic E-state index is 13.6. The number of nitrogens with zero attached hydrogens (tertiary/aromatic N) is 1. The molecule has 0 aliphatic carbocycles. The quantitative estimate of drug-likeness (QED) is 0.821. The highest BCUT2D eigenvalue weighted by Gasteiger charge is 2.25. The first-order valence-corrected chi connectivity index (χ1v) is 7.76. The monoisotopic (exact) mass is 289 g/mol. The molecule has 3 rings (SSSR count). The molecule has 2 aromatic rings.